The Morgan fingerprint density at radius 1 is 0.778 bits per heavy atom. The molecule has 2 aromatic carbocycles. The maximum atomic E-state index is 10.1. The first-order valence-electron chi connectivity index (χ1n) is 6.01. The quantitative estimate of drug-likeness (QED) is 0.718. The molecule has 0 atom stereocenters. The predicted octanol–water partition coefficient (Wildman–Crippen LogP) is 2.00. The molecule has 18 heavy (non-hydrogen) atoms. The van der Waals surface area contributed by atoms with E-state index in [9.17, 15) is 5.11 Å². The summed E-state index contributed by atoms with van der Waals surface area (Å²) in [4.78, 5) is 0. The first-order valence-corrected chi connectivity index (χ1v) is 6.01. The lowest BCUT2D eigenvalue weighted by atomic mass is 9.99. The van der Waals surface area contributed by atoms with E-state index in [1.807, 2.05) is 48.5 Å². The summed E-state index contributed by atoms with van der Waals surface area (Å²) >= 11 is 0. The van der Waals surface area contributed by atoms with Gasteiger partial charge in [0, 0.05) is 24.2 Å². The average molecular weight is 242 g/mol. The van der Waals surface area contributed by atoms with Crippen LogP contribution in [0.4, 0.5) is 11.4 Å². The molecule has 5 N–H and O–H groups in total. The average Bonchev–Trinajstić information content (AvgIpc) is 2.35. The van der Waals surface area contributed by atoms with Crippen LogP contribution >= 0.6 is 0 Å². The molecule has 2 aromatic rings. The number of benzene rings is 2. The van der Waals surface area contributed by atoms with E-state index in [-0.39, 0.29) is 0 Å². The molecule has 0 aliphatic rings. The summed E-state index contributed by atoms with van der Waals surface area (Å²) in [5, 5.41) is 10.1. The van der Waals surface area contributed by atoms with Crippen LogP contribution in [0.2, 0.25) is 0 Å². The summed E-state index contributed by atoms with van der Waals surface area (Å²) in [6, 6.07) is 15.2. The fourth-order valence-electron chi connectivity index (χ4n) is 2.02. The van der Waals surface area contributed by atoms with Crippen molar-refractivity contribution in [2.75, 3.05) is 11.5 Å². The fourth-order valence-corrected chi connectivity index (χ4v) is 2.02. The highest BCUT2D eigenvalue weighted by Crippen LogP contribution is 2.17. The van der Waals surface area contributed by atoms with Crippen LogP contribution in [0.1, 0.15) is 11.1 Å². The number of anilines is 2. The normalized spacial score (nSPS) is 10.8. The van der Waals surface area contributed by atoms with Crippen molar-refractivity contribution in [2.24, 2.45) is 0 Å². The Hall–Kier alpha value is -2.00. The maximum absolute atomic E-state index is 10.1. The minimum atomic E-state index is -0.473. The summed E-state index contributed by atoms with van der Waals surface area (Å²) in [6.07, 6.45) is 0.613. The maximum Gasteiger partial charge on any atom is 0.0622 e. The van der Waals surface area contributed by atoms with Gasteiger partial charge in [0.05, 0.1) is 6.10 Å². The highest BCUT2D eigenvalue weighted by Gasteiger charge is 2.10. The number of nitrogen functional groups attached to an aromatic ring is 2. The Morgan fingerprint density at radius 2 is 1.17 bits per heavy atom. The molecule has 0 aliphatic carbocycles. The molecule has 0 aliphatic heterocycles. The van der Waals surface area contributed by atoms with Gasteiger partial charge in [0.1, 0.15) is 0 Å². The molecule has 0 spiro atoms. The Morgan fingerprint density at radius 3 is 1.56 bits per heavy atom. The molecule has 0 fully saturated rings. The molecular formula is C15H18N2O. The molecule has 0 aromatic heterocycles. The summed E-state index contributed by atoms with van der Waals surface area (Å²) in [7, 11) is 0. The number of hydrogen-bond donors (Lipinski definition) is 3. The van der Waals surface area contributed by atoms with Crippen molar-refractivity contribution in [3.63, 3.8) is 0 Å². The molecule has 94 valence electrons. The van der Waals surface area contributed by atoms with Gasteiger partial charge in [-0.2, -0.15) is 0 Å². The number of para-hydroxylation sites is 2. The zero-order valence-corrected chi connectivity index (χ0v) is 10.2. The lowest BCUT2D eigenvalue weighted by molar-refractivity contribution is 0.176. The fraction of sp³-hybridized carbons (Fsp3) is 0.200. The molecule has 0 saturated carbocycles. The monoisotopic (exact) mass is 242 g/mol. The molecule has 0 amide bonds. The lowest BCUT2D eigenvalue weighted by Crippen LogP contribution is -2.15. The van der Waals surface area contributed by atoms with Crippen LogP contribution < -0.4 is 11.5 Å². The van der Waals surface area contributed by atoms with Gasteiger partial charge in [0.15, 0.2) is 0 Å². The van der Waals surface area contributed by atoms with Crippen molar-refractivity contribution in [1.29, 1.82) is 0 Å². The molecule has 0 heterocycles. The van der Waals surface area contributed by atoms with Crippen LogP contribution in [0, 0.1) is 0 Å². The third kappa shape index (κ3) is 3.02. The van der Waals surface area contributed by atoms with Crippen LogP contribution in [-0.2, 0) is 12.8 Å². The van der Waals surface area contributed by atoms with Gasteiger partial charge in [-0.1, -0.05) is 36.4 Å². The van der Waals surface area contributed by atoms with Crippen LogP contribution in [0.25, 0.3) is 0 Å². The largest absolute Gasteiger partial charge is 0.399 e. The molecule has 2 rings (SSSR count). The van der Waals surface area contributed by atoms with E-state index in [2.05, 4.69) is 0 Å². The molecule has 0 unspecified atom stereocenters. The molecule has 3 heteroatoms. The standard InChI is InChI=1S/C15H18N2O/c16-14-7-3-1-5-11(14)9-13(18)10-12-6-2-4-8-15(12)17/h1-8,13,18H,9-10,16-17H2. The van der Waals surface area contributed by atoms with Gasteiger partial charge in [0.2, 0.25) is 0 Å². The van der Waals surface area contributed by atoms with Gasteiger partial charge in [-0.05, 0) is 23.3 Å². The van der Waals surface area contributed by atoms with E-state index in [0.717, 1.165) is 22.5 Å². The van der Waals surface area contributed by atoms with Gasteiger partial charge in [0.25, 0.3) is 0 Å². The van der Waals surface area contributed by atoms with Gasteiger partial charge in [-0.25, -0.2) is 0 Å². The van der Waals surface area contributed by atoms with Crippen LogP contribution in [0.5, 0.6) is 0 Å². The number of aliphatic hydroxyl groups is 1. The molecule has 0 saturated heterocycles. The SMILES string of the molecule is Nc1ccccc1CC(O)Cc1ccccc1N. The number of aliphatic hydroxyl groups excluding tert-OH is 1. The third-order valence-corrected chi connectivity index (χ3v) is 3.02. The summed E-state index contributed by atoms with van der Waals surface area (Å²) < 4.78 is 0. The highest BCUT2D eigenvalue weighted by atomic mass is 16.3. The molecular weight excluding hydrogens is 224 g/mol. The zero-order chi connectivity index (χ0) is 13.0. The van der Waals surface area contributed by atoms with Gasteiger partial charge in [-0.15, -0.1) is 0 Å². The van der Waals surface area contributed by atoms with Gasteiger partial charge >= 0.3 is 0 Å². The smallest absolute Gasteiger partial charge is 0.0622 e. The van der Waals surface area contributed by atoms with E-state index in [1.54, 1.807) is 0 Å². The molecule has 0 radical (unpaired) electrons. The van der Waals surface area contributed by atoms with Crippen molar-refractivity contribution in [3.8, 4) is 0 Å². The number of rotatable bonds is 4. The van der Waals surface area contributed by atoms with E-state index in [0.29, 0.717) is 12.8 Å². The van der Waals surface area contributed by atoms with Crippen molar-refractivity contribution in [1.82, 2.24) is 0 Å². The topological polar surface area (TPSA) is 72.3 Å². The van der Waals surface area contributed by atoms with Crippen LogP contribution in [-0.4, -0.2) is 11.2 Å². The second kappa shape index (κ2) is 5.56. The second-order valence-corrected chi connectivity index (χ2v) is 4.46. The van der Waals surface area contributed by atoms with Gasteiger partial charge in [-0.3, -0.25) is 0 Å². The van der Waals surface area contributed by atoms with Crippen molar-refractivity contribution < 1.29 is 5.11 Å². The second-order valence-electron chi connectivity index (χ2n) is 4.46. The Balaban J connectivity index is 2.04. The Labute approximate surface area is 107 Å². The van der Waals surface area contributed by atoms with Gasteiger partial charge < -0.3 is 16.6 Å². The summed E-state index contributed by atoms with van der Waals surface area (Å²) in [5.41, 5.74) is 15.1. The first kappa shape index (κ1) is 12.5. The van der Waals surface area contributed by atoms with E-state index in [1.165, 1.54) is 0 Å². The number of nitrogens with two attached hydrogens (primary N) is 2. The Kier molecular flexibility index (Phi) is 3.85. The molecule has 3 nitrogen and oxygen atoms in total. The van der Waals surface area contributed by atoms with Crippen LogP contribution in [0.3, 0.4) is 0 Å². The van der Waals surface area contributed by atoms with Crippen molar-refractivity contribution in [3.05, 3.63) is 59.7 Å². The zero-order valence-electron chi connectivity index (χ0n) is 10.2. The summed E-state index contributed by atoms with van der Waals surface area (Å²) in [6.45, 7) is 0. The first-order chi connectivity index (χ1) is 8.66. The third-order valence-electron chi connectivity index (χ3n) is 3.02. The lowest BCUT2D eigenvalue weighted by Gasteiger charge is -2.13. The van der Waals surface area contributed by atoms with Crippen molar-refractivity contribution in [2.45, 2.75) is 18.9 Å². The number of hydrogen-bond acceptors (Lipinski definition) is 3. The van der Waals surface area contributed by atoms with E-state index < -0.39 is 6.10 Å². The molecule has 0 bridgehead atoms. The van der Waals surface area contributed by atoms with E-state index >= 15 is 0 Å². The van der Waals surface area contributed by atoms with Crippen molar-refractivity contribution >= 4 is 11.4 Å². The minimum Gasteiger partial charge on any atom is -0.399 e. The predicted molar refractivity (Wildman–Crippen MR) is 75.1 cm³/mol. The summed E-state index contributed by atoms with van der Waals surface area (Å²) in [5.74, 6) is 0. The Bertz CT molecular complexity index is 478. The van der Waals surface area contributed by atoms with E-state index in [4.69, 9.17) is 11.5 Å². The highest BCUT2D eigenvalue weighted by molar-refractivity contribution is 5.48. The minimum absolute atomic E-state index is 0.473. The van der Waals surface area contributed by atoms with Crippen LogP contribution in [0.15, 0.2) is 48.5 Å².